The fraction of sp³-hybridized carbons (Fsp3) is 0.565. The minimum Gasteiger partial charge on any atom is -0.491 e. The Morgan fingerprint density at radius 1 is 1.14 bits per heavy atom. The number of benzene rings is 1. The van der Waals surface area contributed by atoms with Crippen LogP contribution in [0.5, 0.6) is 5.75 Å². The van der Waals surface area contributed by atoms with Crippen molar-refractivity contribution in [1.29, 1.82) is 0 Å². The Bertz CT molecular complexity index is 722. The molecule has 0 bridgehead atoms. The fourth-order valence-electron chi connectivity index (χ4n) is 4.04. The molecule has 1 aromatic heterocycles. The van der Waals surface area contributed by atoms with Crippen molar-refractivity contribution >= 4 is 0 Å². The maximum Gasteiger partial charge on any atom is 0.119 e. The Morgan fingerprint density at radius 3 is 2.72 bits per heavy atom. The van der Waals surface area contributed by atoms with Gasteiger partial charge in [-0.25, -0.2) is 0 Å². The van der Waals surface area contributed by atoms with Gasteiger partial charge in [-0.05, 0) is 44.6 Å². The first kappa shape index (κ1) is 21.7. The molecule has 1 aliphatic rings. The van der Waals surface area contributed by atoms with Crippen molar-refractivity contribution in [2.24, 2.45) is 0 Å². The molecular formula is C23H34N4O2. The minimum absolute atomic E-state index is 0.315. The van der Waals surface area contributed by atoms with E-state index < -0.39 is 6.10 Å². The van der Waals surface area contributed by atoms with Gasteiger partial charge in [-0.3, -0.25) is 14.9 Å². The lowest BCUT2D eigenvalue weighted by molar-refractivity contribution is 0.0561. The lowest BCUT2D eigenvalue weighted by atomic mass is 9.94. The van der Waals surface area contributed by atoms with E-state index in [9.17, 15) is 5.11 Å². The van der Waals surface area contributed by atoms with Crippen LogP contribution in [0.4, 0.5) is 0 Å². The Labute approximate surface area is 174 Å². The second-order valence-electron chi connectivity index (χ2n) is 8.21. The summed E-state index contributed by atoms with van der Waals surface area (Å²) in [5.74, 6) is 0.801. The van der Waals surface area contributed by atoms with E-state index in [2.05, 4.69) is 39.9 Å². The molecule has 0 spiro atoms. The van der Waals surface area contributed by atoms with Crippen LogP contribution in [-0.2, 0) is 13.1 Å². The molecule has 3 rings (SSSR count). The summed E-state index contributed by atoms with van der Waals surface area (Å²) in [7, 11) is 4.18. The van der Waals surface area contributed by atoms with Gasteiger partial charge in [-0.2, -0.15) is 0 Å². The second kappa shape index (κ2) is 11.2. The van der Waals surface area contributed by atoms with Crippen LogP contribution in [0.1, 0.15) is 43.4 Å². The van der Waals surface area contributed by atoms with Gasteiger partial charge in [0, 0.05) is 44.3 Å². The fourth-order valence-corrected chi connectivity index (χ4v) is 4.04. The third-order valence-electron chi connectivity index (χ3n) is 5.54. The van der Waals surface area contributed by atoms with E-state index in [0.29, 0.717) is 19.2 Å². The van der Waals surface area contributed by atoms with E-state index in [1.165, 1.54) is 37.7 Å². The Kier molecular flexibility index (Phi) is 8.40. The summed E-state index contributed by atoms with van der Waals surface area (Å²) in [6, 6.07) is 8.69. The minimum atomic E-state index is -0.482. The molecule has 0 saturated heterocycles. The summed E-state index contributed by atoms with van der Waals surface area (Å²) in [6.45, 7) is 2.51. The first-order valence-corrected chi connectivity index (χ1v) is 10.6. The summed E-state index contributed by atoms with van der Waals surface area (Å²) in [4.78, 5) is 12.9. The molecule has 0 aliphatic heterocycles. The monoisotopic (exact) mass is 398 g/mol. The Morgan fingerprint density at radius 2 is 1.97 bits per heavy atom. The van der Waals surface area contributed by atoms with Gasteiger partial charge in [0.05, 0.1) is 5.69 Å². The van der Waals surface area contributed by atoms with Crippen molar-refractivity contribution in [3.8, 4) is 5.75 Å². The van der Waals surface area contributed by atoms with Crippen LogP contribution in [0.25, 0.3) is 0 Å². The predicted octanol–water partition coefficient (Wildman–Crippen LogP) is 3.11. The van der Waals surface area contributed by atoms with E-state index in [4.69, 9.17) is 4.74 Å². The van der Waals surface area contributed by atoms with Crippen LogP contribution >= 0.6 is 0 Å². The van der Waals surface area contributed by atoms with E-state index in [1.807, 2.05) is 18.2 Å². The van der Waals surface area contributed by atoms with E-state index in [0.717, 1.165) is 24.5 Å². The molecule has 0 radical (unpaired) electrons. The molecular weight excluding hydrogens is 364 g/mol. The maximum absolute atomic E-state index is 10.4. The van der Waals surface area contributed by atoms with Crippen molar-refractivity contribution in [1.82, 2.24) is 19.8 Å². The molecule has 2 aromatic rings. The number of hydrogen-bond acceptors (Lipinski definition) is 6. The number of hydrogen-bond donors (Lipinski definition) is 1. The average Bonchev–Trinajstić information content (AvgIpc) is 2.74. The molecule has 6 nitrogen and oxygen atoms in total. The van der Waals surface area contributed by atoms with Crippen LogP contribution in [-0.4, -0.2) is 64.3 Å². The molecule has 1 N–H and O–H groups in total. The van der Waals surface area contributed by atoms with E-state index >= 15 is 0 Å². The first-order chi connectivity index (χ1) is 14.1. The molecule has 1 aliphatic carbocycles. The van der Waals surface area contributed by atoms with Gasteiger partial charge in [-0.15, -0.1) is 0 Å². The standard InChI is InChI=1S/C23H34N4O2/c1-26(16-20-14-24-11-12-25-20)15-19-7-6-10-23(13-19)29-18-22(28)17-27(2)21-8-4-3-5-9-21/h6-7,10-14,21-22,28H,3-5,8-9,15-18H2,1-2H3. The molecule has 0 amide bonds. The van der Waals surface area contributed by atoms with Crippen molar-refractivity contribution in [3.63, 3.8) is 0 Å². The predicted molar refractivity (Wildman–Crippen MR) is 115 cm³/mol. The molecule has 1 unspecified atom stereocenters. The quantitative estimate of drug-likeness (QED) is 0.664. The lowest BCUT2D eigenvalue weighted by Gasteiger charge is -2.32. The highest BCUT2D eigenvalue weighted by Gasteiger charge is 2.20. The zero-order valence-electron chi connectivity index (χ0n) is 17.7. The highest BCUT2D eigenvalue weighted by Crippen LogP contribution is 2.22. The van der Waals surface area contributed by atoms with Crippen molar-refractivity contribution < 1.29 is 9.84 Å². The summed E-state index contributed by atoms with van der Waals surface area (Å²) in [5.41, 5.74) is 2.12. The molecule has 29 heavy (non-hydrogen) atoms. The zero-order valence-corrected chi connectivity index (χ0v) is 17.7. The van der Waals surface area contributed by atoms with Gasteiger partial charge < -0.3 is 14.7 Å². The number of rotatable bonds is 10. The summed E-state index contributed by atoms with van der Waals surface area (Å²) in [5, 5.41) is 10.4. The van der Waals surface area contributed by atoms with E-state index in [1.54, 1.807) is 18.6 Å². The highest BCUT2D eigenvalue weighted by atomic mass is 16.5. The average molecular weight is 399 g/mol. The molecule has 6 heteroatoms. The number of aromatic nitrogens is 2. The smallest absolute Gasteiger partial charge is 0.119 e. The van der Waals surface area contributed by atoms with Crippen LogP contribution in [0.15, 0.2) is 42.9 Å². The number of aliphatic hydroxyl groups excluding tert-OH is 1. The maximum atomic E-state index is 10.4. The second-order valence-corrected chi connectivity index (χ2v) is 8.21. The third-order valence-corrected chi connectivity index (χ3v) is 5.54. The Balaban J connectivity index is 1.44. The number of ether oxygens (including phenoxy) is 1. The van der Waals surface area contributed by atoms with E-state index in [-0.39, 0.29) is 0 Å². The molecule has 158 valence electrons. The topological polar surface area (TPSA) is 61.7 Å². The lowest BCUT2D eigenvalue weighted by Crippen LogP contribution is -2.40. The summed E-state index contributed by atoms with van der Waals surface area (Å²) < 4.78 is 5.88. The van der Waals surface area contributed by atoms with Crippen LogP contribution in [0, 0.1) is 0 Å². The normalized spacial score (nSPS) is 16.3. The first-order valence-electron chi connectivity index (χ1n) is 10.6. The van der Waals surface area contributed by atoms with Gasteiger partial charge in [0.1, 0.15) is 18.5 Å². The van der Waals surface area contributed by atoms with Crippen LogP contribution in [0.2, 0.25) is 0 Å². The van der Waals surface area contributed by atoms with Gasteiger partial charge in [0.2, 0.25) is 0 Å². The Hall–Kier alpha value is -2.02. The van der Waals surface area contributed by atoms with Gasteiger partial charge >= 0.3 is 0 Å². The molecule has 1 atom stereocenters. The van der Waals surface area contributed by atoms with Crippen molar-refractivity contribution in [2.45, 2.75) is 57.3 Å². The van der Waals surface area contributed by atoms with Crippen molar-refractivity contribution in [2.75, 3.05) is 27.2 Å². The summed E-state index contributed by atoms with van der Waals surface area (Å²) in [6.07, 6.45) is 11.2. The molecule has 1 saturated carbocycles. The van der Waals surface area contributed by atoms with Gasteiger partial charge in [-0.1, -0.05) is 31.4 Å². The van der Waals surface area contributed by atoms with Gasteiger partial charge in [0.15, 0.2) is 0 Å². The van der Waals surface area contributed by atoms with Crippen LogP contribution < -0.4 is 4.74 Å². The molecule has 1 aromatic carbocycles. The molecule has 1 fully saturated rings. The van der Waals surface area contributed by atoms with Crippen molar-refractivity contribution in [3.05, 3.63) is 54.1 Å². The van der Waals surface area contributed by atoms with Crippen LogP contribution in [0.3, 0.4) is 0 Å². The third kappa shape index (κ3) is 7.38. The number of nitrogens with zero attached hydrogens (tertiary/aromatic N) is 4. The highest BCUT2D eigenvalue weighted by molar-refractivity contribution is 5.28. The largest absolute Gasteiger partial charge is 0.491 e. The number of likely N-dealkylation sites (N-methyl/N-ethyl adjacent to an activating group) is 1. The number of aliphatic hydroxyl groups is 1. The van der Waals surface area contributed by atoms with Gasteiger partial charge in [0.25, 0.3) is 0 Å². The molecule has 1 heterocycles. The summed E-state index contributed by atoms with van der Waals surface area (Å²) >= 11 is 0. The zero-order chi connectivity index (χ0) is 20.5. The SMILES string of the molecule is CN(Cc1cccc(OCC(O)CN(C)C2CCCCC2)c1)Cc1cnccn1.